The van der Waals surface area contributed by atoms with Crippen molar-refractivity contribution >= 4 is 46.2 Å². The van der Waals surface area contributed by atoms with Gasteiger partial charge in [0.05, 0.1) is 29.4 Å². The van der Waals surface area contributed by atoms with Crippen LogP contribution >= 0.6 is 22.9 Å². The molecule has 1 aliphatic carbocycles. The minimum atomic E-state index is -0.608. The Morgan fingerprint density at radius 1 is 1.25 bits per heavy atom. The van der Waals surface area contributed by atoms with Gasteiger partial charge < -0.3 is 23.8 Å². The second-order valence-corrected chi connectivity index (χ2v) is 17.6. The van der Waals surface area contributed by atoms with E-state index in [1.165, 1.54) is 0 Å². The van der Waals surface area contributed by atoms with Gasteiger partial charge in [0.25, 0.3) is 0 Å². The lowest BCUT2D eigenvalue weighted by Gasteiger charge is -2.45. The molecule has 3 aromatic rings. The van der Waals surface area contributed by atoms with Crippen LogP contribution in [-0.2, 0) is 16.6 Å². The first-order valence-electron chi connectivity index (χ1n) is 18.5. The van der Waals surface area contributed by atoms with Gasteiger partial charge in [0.1, 0.15) is 33.6 Å². The number of carbonyl (C=O) groups excluding carboxylic acids is 1. The van der Waals surface area contributed by atoms with E-state index >= 15 is 0 Å². The molecule has 1 amide bonds. The Hall–Kier alpha value is -3.93. The van der Waals surface area contributed by atoms with E-state index in [0.29, 0.717) is 51.8 Å². The molecule has 0 aromatic carbocycles. The number of likely N-dealkylation sites (tertiary alicyclic amines) is 1. The molecule has 0 spiro atoms. The zero-order valence-electron chi connectivity index (χ0n) is 32.6. The van der Waals surface area contributed by atoms with Crippen LogP contribution < -0.4 is 9.64 Å². The summed E-state index contributed by atoms with van der Waals surface area (Å²) in [6.07, 6.45) is 5.90. The third-order valence-corrected chi connectivity index (χ3v) is 11.9. The van der Waals surface area contributed by atoms with Gasteiger partial charge in [0.15, 0.2) is 17.3 Å². The lowest BCUT2D eigenvalue weighted by atomic mass is 9.71. The van der Waals surface area contributed by atoms with Crippen LogP contribution in [0.2, 0.25) is 5.02 Å². The molecule has 5 heterocycles. The first kappa shape index (κ1) is 38.8. The van der Waals surface area contributed by atoms with Crippen LogP contribution in [0.15, 0.2) is 15.6 Å². The number of aromatic nitrogens is 3. The standard InChI is InChI=1S/C38H52ClN9O4S/c1-22-19-47(20-23(2)48(22)36(49)51-37(4,5)6)33-31(39)34(50-24(3)27-13-12-16-46(27)10)43-32(42-33)26-17-29(52-44-26)38(7)15-11-14-28-30(38)25(18-40)35(53-28)41-21-45(8)9/h17,21-24,27H,11-16,19-20H2,1-10H3/b41-21+/t22-,23-,24-,27-,38+/m0/s1. The zero-order chi connectivity index (χ0) is 38.4. The molecule has 2 saturated heterocycles. The van der Waals surface area contributed by atoms with Gasteiger partial charge in [-0.25, -0.2) is 14.8 Å². The molecule has 286 valence electrons. The number of anilines is 1. The number of rotatable bonds is 8. The number of piperazine rings is 1. The summed E-state index contributed by atoms with van der Waals surface area (Å²) in [5.41, 5.74) is 0.750. The van der Waals surface area contributed by atoms with E-state index in [9.17, 15) is 10.1 Å². The van der Waals surface area contributed by atoms with Gasteiger partial charge in [-0.05, 0) is 99.7 Å². The molecular formula is C38H52ClN9O4S. The monoisotopic (exact) mass is 765 g/mol. The van der Waals surface area contributed by atoms with E-state index in [-0.39, 0.29) is 36.2 Å². The lowest BCUT2D eigenvalue weighted by molar-refractivity contribution is 0.00558. The highest BCUT2D eigenvalue weighted by molar-refractivity contribution is 7.16. The van der Waals surface area contributed by atoms with E-state index < -0.39 is 11.0 Å². The fraction of sp³-hybridized carbons (Fsp3) is 0.632. The van der Waals surface area contributed by atoms with E-state index in [1.807, 2.05) is 66.6 Å². The second-order valence-electron chi connectivity index (χ2n) is 16.2. The molecule has 0 unspecified atom stereocenters. The predicted molar refractivity (Wildman–Crippen MR) is 208 cm³/mol. The zero-order valence-corrected chi connectivity index (χ0v) is 34.1. The van der Waals surface area contributed by atoms with Crippen molar-refractivity contribution in [3.8, 4) is 23.5 Å². The molecule has 6 rings (SSSR count). The van der Waals surface area contributed by atoms with E-state index in [1.54, 1.807) is 22.6 Å². The molecule has 2 fully saturated rings. The SMILES string of the molecule is C[C@H](Oc1nc(-c2cc([C@@]3(C)CCCc4sc(/N=C/N(C)C)c(C#N)c43)on2)nc(N2C[C@H](C)N(C(=O)OC(C)(C)C)[C@@H](C)C2)c1Cl)[C@@H]1CCCN1C. The van der Waals surface area contributed by atoms with Crippen molar-refractivity contribution in [2.75, 3.05) is 45.7 Å². The molecule has 15 heteroatoms. The Morgan fingerprint density at radius 3 is 2.58 bits per heavy atom. The largest absolute Gasteiger partial charge is 0.472 e. The topological polar surface area (TPSA) is 136 Å². The number of thiophene rings is 1. The van der Waals surface area contributed by atoms with Crippen molar-refractivity contribution < 1.29 is 18.8 Å². The molecule has 13 nitrogen and oxygen atoms in total. The Balaban J connectivity index is 1.38. The Morgan fingerprint density at radius 2 is 1.96 bits per heavy atom. The van der Waals surface area contributed by atoms with Crippen LogP contribution in [0.4, 0.5) is 15.6 Å². The quantitative estimate of drug-likeness (QED) is 0.169. The summed E-state index contributed by atoms with van der Waals surface area (Å²) < 4.78 is 18.5. The highest BCUT2D eigenvalue weighted by Gasteiger charge is 2.43. The van der Waals surface area contributed by atoms with Crippen LogP contribution in [0.1, 0.15) is 95.9 Å². The number of aryl methyl sites for hydroxylation is 1. The molecule has 5 atom stereocenters. The normalized spacial score (nSPS) is 24.3. The molecule has 3 aliphatic rings. The number of fused-ring (bicyclic) bond motifs is 1. The van der Waals surface area contributed by atoms with E-state index in [0.717, 1.165) is 49.1 Å². The average Bonchev–Trinajstić information content (AvgIpc) is 3.82. The molecule has 0 bridgehead atoms. The summed E-state index contributed by atoms with van der Waals surface area (Å²) in [6, 6.07) is 4.16. The molecular weight excluding hydrogens is 714 g/mol. The van der Waals surface area contributed by atoms with E-state index in [2.05, 4.69) is 40.0 Å². The van der Waals surface area contributed by atoms with Gasteiger partial charge in [0.2, 0.25) is 5.88 Å². The van der Waals surface area contributed by atoms with Crippen molar-refractivity contribution in [2.45, 2.75) is 116 Å². The smallest absolute Gasteiger partial charge is 0.410 e. The maximum atomic E-state index is 13.2. The fourth-order valence-electron chi connectivity index (χ4n) is 7.97. The maximum Gasteiger partial charge on any atom is 0.410 e. The van der Waals surface area contributed by atoms with Crippen molar-refractivity contribution in [2.24, 2.45) is 4.99 Å². The second kappa shape index (κ2) is 15.1. The summed E-state index contributed by atoms with van der Waals surface area (Å²) in [4.78, 5) is 36.9. The summed E-state index contributed by atoms with van der Waals surface area (Å²) in [5, 5.41) is 15.9. The molecule has 53 heavy (non-hydrogen) atoms. The number of likely N-dealkylation sites (N-methyl/N-ethyl adjacent to an activating group) is 1. The van der Waals surface area contributed by atoms with Crippen molar-refractivity contribution in [3.63, 3.8) is 0 Å². The van der Waals surface area contributed by atoms with Gasteiger partial charge in [-0.15, -0.1) is 11.3 Å². The highest BCUT2D eigenvalue weighted by atomic mass is 35.5. The van der Waals surface area contributed by atoms with Gasteiger partial charge >= 0.3 is 6.09 Å². The summed E-state index contributed by atoms with van der Waals surface area (Å²) in [7, 11) is 5.92. The first-order valence-corrected chi connectivity index (χ1v) is 19.6. The summed E-state index contributed by atoms with van der Waals surface area (Å²) in [6.45, 7) is 15.7. The number of nitrogens with zero attached hydrogens (tertiary/aromatic N) is 9. The Kier molecular flexibility index (Phi) is 11.0. The molecule has 0 N–H and O–H groups in total. The maximum absolute atomic E-state index is 13.2. The Bertz CT molecular complexity index is 1890. The van der Waals surface area contributed by atoms with Gasteiger partial charge in [-0.1, -0.05) is 16.8 Å². The van der Waals surface area contributed by atoms with Gasteiger partial charge in [-0.3, -0.25) is 9.80 Å². The number of ether oxygens (including phenoxy) is 2. The van der Waals surface area contributed by atoms with Crippen LogP contribution in [0.25, 0.3) is 11.5 Å². The Labute approximate surface area is 321 Å². The van der Waals surface area contributed by atoms with Crippen molar-refractivity contribution in [3.05, 3.63) is 32.9 Å². The highest BCUT2D eigenvalue weighted by Crippen LogP contribution is 2.51. The van der Waals surface area contributed by atoms with Crippen LogP contribution in [0.5, 0.6) is 5.88 Å². The van der Waals surface area contributed by atoms with Crippen LogP contribution in [0.3, 0.4) is 0 Å². The number of aliphatic imine (C=N–C) groups is 1. The number of hydrogen-bond donors (Lipinski definition) is 0. The molecule has 0 saturated carbocycles. The molecule has 0 radical (unpaired) electrons. The third-order valence-electron chi connectivity index (χ3n) is 10.4. The minimum Gasteiger partial charge on any atom is -0.472 e. The van der Waals surface area contributed by atoms with E-state index in [4.69, 9.17) is 35.6 Å². The van der Waals surface area contributed by atoms with Gasteiger partial charge in [0, 0.05) is 44.2 Å². The number of amides is 1. The fourth-order valence-corrected chi connectivity index (χ4v) is 9.48. The number of hydrogen-bond acceptors (Lipinski definition) is 12. The number of halogens is 1. The first-order chi connectivity index (χ1) is 25.0. The molecule has 3 aromatic heterocycles. The molecule has 2 aliphatic heterocycles. The third kappa shape index (κ3) is 7.84. The minimum absolute atomic E-state index is 0.183. The average molecular weight is 766 g/mol. The number of carbonyl (C=O) groups is 1. The predicted octanol–water partition coefficient (Wildman–Crippen LogP) is 7.28. The van der Waals surface area contributed by atoms with Crippen molar-refractivity contribution in [1.82, 2.24) is 29.8 Å². The van der Waals surface area contributed by atoms with Crippen molar-refractivity contribution in [1.29, 1.82) is 5.26 Å². The van der Waals surface area contributed by atoms with Crippen LogP contribution in [0, 0.1) is 11.3 Å². The lowest BCUT2D eigenvalue weighted by Crippen LogP contribution is -2.59. The summed E-state index contributed by atoms with van der Waals surface area (Å²) in [5.74, 6) is 1.73. The van der Waals surface area contributed by atoms with Crippen LogP contribution in [-0.4, -0.2) is 113 Å². The summed E-state index contributed by atoms with van der Waals surface area (Å²) >= 11 is 8.72. The van der Waals surface area contributed by atoms with Gasteiger partial charge in [-0.2, -0.15) is 10.2 Å². The number of nitriles is 1.